The molecule has 74 heavy (non-hydrogen) atoms. The smallest absolute Gasteiger partial charge is 0.305 e. The Morgan fingerprint density at radius 1 is 0.622 bits per heavy atom. The Labute approximate surface area is 442 Å². The summed E-state index contributed by atoms with van der Waals surface area (Å²) in [5.41, 5.74) is 11.0. The van der Waals surface area contributed by atoms with Gasteiger partial charge < -0.3 is 38.2 Å². The summed E-state index contributed by atoms with van der Waals surface area (Å²) in [6, 6.07) is 28.0. The number of methoxy groups -OCH3 is 2. The second-order valence-corrected chi connectivity index (χ2v) is 19.4. The van der Waals surface area contributed by atoms with Gasteiger partial charge in [-0.05, 0) is 123 Å². The summed E-state index contributed by atoms with van der Waals surface area (Å²) in [6.07, 6.45) is 10.9. The number of pyridine rings is 2. The van der Waals surface area contributed by atoms with Crippen LogP contribution in [-0.2, 0) is 58.2 Å². The zero-order valence-corrected chi connectivity index (χ0v) is 43.5. The Morgan fingerprint density at radius 3 is 1.46 bits per heavy atom. The third-order valence-electron chi connectivity index (χ3n) is 13.3. The minimum absolute atomic E-state index is 0.179. The van der Waals surface area contributed by atoms with E-state index in [1.165, 1.54) is 37.7 Å². The van der Waals surface area contributed by atoms with Crippen molar-refractivity contribution < 1.29 is 38.0 Å². The van der Waals surface area contributed by atoms with Crippen molar-refractivity contribution in [3.05, 3.63) is 163 Å². The second kappa shape index (κ2) is 25.2. The predicted octanol–water partition coefficient (Wildman–Crippen LogP) is 11.3. The number of fused-ring (bicyclic) bond motifs is 2. The molecule has 2 heterocycles. The maximum atomic E-state index is 11.8. The van der Waals surface area contributed by atoms with E-state index in [9.17, 15) is 20.1 Å². The Balaban J connectivity index is 1.01. The first-order chi connectivity index (χ1) is 35.9. The SMILES string of the molecule is COC(=O)CCCN(C)Cc1cc(Cl)c(O[C@H]2CCc3c(-c4cccc5c4CC[C@@H]5Oc4cc(OCc5cncc(C#N)c5)c(CN(C)CCCC(=O)OC)cc4Cl)cccc32)cc1OCc1cncc(C#N)c1. The first kappa shape index (κ1) is 53.1. The van der Waals surface area contributed by atoms with Crippen LogP contribution in [0.4, 0.5) is 0 Å². The largest absolute Gasteiger partial charge is 0.488 e. The summed E-state index contributed by atoms with van der Waals surface area (Å²) in [7, 11) is 6.73. The lowest BCUT2D eigenvalue weighted by Gasteiger charge is -2.22. The number of carbonyl (C=O) groups is 2. The number of aromatic nitrogens is 2. The van der Waals surface area contributed by atoms with Gasteiger partial charge in [-0.3, -0.25) is 19.6 Å². The number of benzene rings is 4. The highest BCUT2D eigenvalue weighted by atomic mass is 35.5. The molecule has 0 amide bonds. The molecule has 14 nitrogen and oxygen atoms in total. The Bertz CT molecular complexity index is 2880. The molecule has 382 valence electrons. The number of hydrogen-bond donors (Lipinski definition) is 0. The van der Waals surface area contributed by atoms with Crippen LogP contribution in [0.2, 0.25) is 10.0 Å². The molecule has 0 spiro atoms. The van der Waals surface area contributed by atoms with E-state index in [-0.39, 0.29) is 37.4 Å². The zero-order chi connectivity index (χ0) is 52.1. The summed E-state index contributed by atoms with van der Waals surface area (Å²) in [5, 5.41) is 19.8. The number of esters is 2. The van der Waals surface area contributed by atoms with Crippen molar-refractivity contribution >= 4 is 35.1 Å². The molecule has 0 radical (unpaired) electrons. The number of rotatable bonds is 23. The van der Waals surface area contributed by atoms with Gasteiger partial charge in [0.05, 0.1) is 35.4 Å². The molecule has 0 unspecified atom stereocenters. The van der Waals surface area contributed by atoms with Crippen molar-refractivity contribution in [2.45, 2.75) is 89.9 Å². The topological polar surface area (TPSA) is 169 Å². The zero-order valence-electron chi connectivity index (χ0n) is 42.0. The number of hydrogen-bond acceptors (Lipinski definition) is 14. The van der Waals surface area contributed by atoms with Crippen molar-refractivity contribution in [1.82, 2.24) is 19.8 Å². The Kier molecular flexibility index (Phi) is 18.1. The lowest BCUT2D eigenvalue weighted by atomic mass is 9.91. The van der Waals surface area contributed by atoms with E-state index in [1.54, 1.807) is 24.5 Å². The Morgan fingerprint density at radius 2 is 1.05 bits per heavy atom. The normalized spacial score (nSPS) is 14.5. The molecule has 2 aliphatic rings. The van der Waals surface area contributed by atoms with Gasteiger partial charge in [0.1, 0.15) is 60.6 Å². The molecule has 0 bridgehead atoms. The van der Waals surface area contributed by atoms with Crippen molar-refractivity contribution in [2.75, 3.05) is 41.4 Å². The lowest BCUT2D eigenvalue weighted by molar-refractivity contribution is -0.141. The molecular weight excluding hydrogens is 980 g/mol. The van der Waals surface area contributed by atoms with E-state index >= 15 is 0 Å². The van der Waals surface area contributed by atoms with Crippen LogP contribution in [-0.4, -0.2) is 73.1 Å². The van der Waals surface area contributed by atoms with E-state index in [0.29, 0.717) is 96.0 Å². The van der Waals surface area contributed by atoms with Gasteiger partial charge in [0.15, 0.2) is 0 Å². The number of nitrogens with zero attached hydrogens (tertiary/aromatic N) is 6. The fourth-order valence-corrected chi connectivity index (χ4v) is 10.1. The molecule has 0 N–H and O–H groups in total. The molecule has 4 aromatic carbocycles. The minimum Gasteiger partial charge on any atom is -0.488 e. The van der Waals surface area contributed by atoms with Crippen LogP contribution in [0.25, 0.3) is 11.1 Å². The summed E-state index contributed by atoms with van der Waals surface area (Å²) >= 11 is 14.1. The number of ether oxygens (including phenoxy) is 6. The molecule has 2 aliphatic carbocycles. The standard InChI is InChI=1S/C58H58Cl2N6O8/c1-65(19-7-13-57(67)69-3)33-41-23-49(59)55(25-53(41)71-35-39-21-37(27-61)29-63-31-39)73-51-17-15-45-43(9-5-11-47(45)51)44-10-6-12-48-46(44)16-18-52(48)74-56-26-54(72-36-40-22-38(28-62)30-64-32-40)42(24-50(56)60)34-66(2)20-8-14-58(68)70-4/h5-6,9-12,21-26,29-32,51-52H,7-8,13-20,33-36H2,1-4H3/t51-,52-/m0/s1. The second-order valence-electron chi connectivity index (χ2n) is 18.6. The van der Waals surface area contributed by atoms with Crippen molar-refractivity contribution in [3.63, 3.8) is 0 Å². The molecule has 0 saturated heterocycles. The number of halogens is 2. The first-order valence-electron chi connectivity index (χ1n) is 24.6. The Hall–Kier alpha value is -7.20. The highest BCUT2D eigenvalue weighted by molar-refractivity contribution is 6.32. The van der Waals surface area contributed by atoms with Crippen LogP contribution in [0.5, 0.6) is 23.0 Å². The molecule has 0 saturated carbocycles. The van der Waals surface area contributed by atoms with Crippen LogP contribution in [0, 0.1) is 22.7 Å². The van der Waals surface area contributed by atoms with Crippen molar-refractivity contribution in [3.8, 4) is 46.3 Å². The van der Waals surface area contributed by atoms with Gasteiger partial charge in [0, 0.05) is 85.1 Å². The summed E-state index contributed by atoms with van der Waals surface area (Å²) in [4.78, 5) is 36.1. The molecule has 6 aromatic rings. The van der Waals surface area contributed by atoms with Crippen LogP contribution >= 0.6 is 23.2 Å². The van der Waals surface area contributed by atoms with Gasteiger partial charge >= 0.3 is 11.9 Å². The van der Waals surface area contributed by atoms with Crippen LogP contribution in [0.1, 0.15) is 106 Å². The monoisotopic (exact) mass is 1040 g/mol. The van der Waals surface area contributed by atoms with Gasteiger partial charge in [-0.1, -0.05) is 59.6 Å². The number of nitriles is 2. The molecule has 0 fully saturated rings. The first-order valence-corrected chi connectivity index (χ1v) is 25.4. The quantitative estimate of drug-likeness (QED) is 0.0555. The van der Waals surface area contributed by atoms with Crippen LogP contribution in [0.3, 0.4) is 0 Å². The molecule has 16 heteroatoms. The molecule has 0 aliphatic heterocycles. The van der Waals surface area contributed by atoms with Gasteiger partial charge in [-0.2, -0.15) is 10.5 Å². The summed E-state index contributed by atoms with van der Waals surface area (Å²) < 4.78 is 36.1. The van der Waals surface area contributed by atoms with E-state index in [2.05, 4.69) is 68.3 Å². The lowest BCUT2D eigenvalue weighted by Crippen LogP contribution is -2.20. The van der Waals surface area contributed by atoms with Gasteiger partial charge in [-0.15, -0.1) is 0 Å². The van der Waals surface area contributed by atoms with Crippen LogP contribution < -0.4 is 18.9 Å². The van der Waals surface area contributed by atoms with E-state index < -0.39 is 0 Å². The van der Waals surface area contributed by atoms with E-state index in [1.807, 2.05) is 38.4 Å². The number of carbonyl (C=O) groups excluding carboxylic acids is 2. The van der Waals surface area contributed by atoms with E-state index in [0.717, 1.165) is 70.2 Å². The third-order valence-corrected chi connectivity index (χ3v) is 13.9. The molecule has 2 aromatic heterocycles. The highest BCUT2D eigenvalue weighted by Crippen LogP contribution is 2.47. The highest BCUT2D eigenvalue weighted by Gasteiger charge is 2.32. The van der Waals surface area contributed by atoms with Crippen molar-refractivity contribution in [1.29, 1.82) is 10.5 Å². The maximum absolute atomic E-state index is 11.8. The average molecular weight is 1040 g/mol. The minimum atomic E-state index is -0.265. The van der Waals surface area contributed by atoms with Crippen LogP contribution in [0.15, 0.2) is 97.6 Å². The fraction of sp³-hybridized carbons (Fsp3) is 0.345. The molecule has 8 rings (SSSR count). The van der Waals surface area contributed by atoms with Gasteiger partial charge in [0.25, 0.3) is 0 Å². The van der Waals surface area contributed by atoms with Crippen molar-refractivity contribution in [2.24, 2.45) is 0 Å². The van der Waals surface area contributed by atoms with Gasteiger partial charge in [-0.25, -0.2) is 0 Å². The summed E-state index contributed by atoms with van der Waals surface area (Å²) in [5.74, 6) is 1.68. The summed E-state index contributed by atoms with van der Waals surface area (Å²) in [6.45, 7) is 2.67. The average Bonchev–Trinajstić information content (AvgIpc) is 4.03. The third kappa shape index (κ3) is 13.3. The maximum Gasteiger partial charge on any atom is 0.305 e. The molecular formula is C58H58Cl2N6O8. The van der Waals surface area contributed by atoms with E-state index in [4.69, 9.17) is 51.6 Å². The van der Waals surface area contributed by atoms with Gasteiger partial charge in [0.2, 0.25) is 0 Å². The predicted molar refractivity (Wildman–Crippen MR) is 280 cm³/mol. The molecule has 2 atom stereocenters. The fourth-order valence-electron chi connectivity index (χ4n) is 9.64.